The number of carbonyl (C=O) groups is 1. The number of amides is 1. The predicted molar refractivity (Wildman–Crippen MR) is 149 cm³/mol. The standard InChI is InChI=1S/C28H30FN9O4/c1-5-30-24(32-14-17-11-10-16(29)13-31-17)21-12-19-18-8-6-7-9-20(18)33-23(19)28(35-21,25-34-22(15-40-4)42-36-25)26-37(2)38(3)27(39)41-26/h5-11,13,21,26,33,35H,1,12,14-15H2,2-4H3,(H,30,32)/t21-,26?,28?/m1/s1. The van der Waals surface area contributed by atoms with Crippen LogP contribution in [0.5, 0.6) is 0 Å². The van der Waals surface area contributed by atoms with Crippen LogP contribution in [0.15, 0.2) is 64.9 Å². The van der Waals surface area contributed by atoms with Crippen molar-refractivity contribution in [3.05, 3.63) is 89.9 Å². The number of aromatic amines is 1. The van der Waals surface area contributed by atoms with Crippen LogP contribution < -0.4 is 10.6 Å². The second-order valence-corrected chi connectivity index (χ2v) is 10.0. The van der Waals surface area contributed by atoms with E-state index < -0.39 is 29.7 Å². The molecule has 0 bridgehead atoms. The highest BCUT2D eigenvalue weighted by atomic mass is 19.1. The fourth-order valence-electron chi connectivity index (χ4n) is 5.52. The van der Waals surface area contributed by atoms with Gasteiger partial charge in [0.1, 0.15) is 18.3 Å². The first-order valence-electron chi connectivity index (χ1n) is 13.2. The van der Waals surface area contributed by atoms with Crippen molar-refractivity contribution in [3.8, 4) is 0 Å². The van der Waals surface area contributed by atoms with Gasteiger partial charge in [0.05, 0.1) is 30.2 Å². The summed E-state index contributed by atoms with van der Waals surface area (Å²) < 4.78 is 30.2. The molecule has 0 saturated carbocycles. The molecule has 13 nitrogen and oxygen atoms in total. The molecule has 14 heteroatoms. The maximum absolute atomic E-state index is 13.5. The van der Waals surface area contributed by atoms with Gasteiger partial charge in [0, 0.05) is 32.1 Å². The minimum atomic E-state index is -1.35. The van der Waals surface area contributed by atoms with E-state index in [1.807, 2.05) is 24.3 Å². The molecule has 4 aromatic rings. The molecule has 2 unspecified atom stereocenters. The SMILES string of the molecule is C=CNC(=NCc1ccc(F)cn1)[C@H]1Cc2c([nH]c3ccccc23)C(c2noc(COC)n2)(C2OC(=O)N(C)N2C)N1. The Labute approximate surface area is 240 Å². The number of aliphatic imine (C=N–C) groups is 1. The van der Waals surface area contributed by atoms with Crippen LogP contribution in [0, 0.1) is 5.82 Å². The van der Waals surface area contributed by atoms with Crippen molar-refractivity contribution in [2.45, 2.75) is 37.4 Å². The maximum atomic E-state index is 13.5. The number of aromatic nitrogens is 4. The number of ether oxygens (including phenoxy) is 2. The quantitative estimate of drug-likeness (QED) is 0.212. The molecule has 6 rings (SSSR count). The number of hydrogen-bond acceptors (Lipinski definition) is 10. The number of fused-ring (bicyclic) bond motifs is 3. The van der Waals surface area contributed by atoms with E-state index in [1.54, 1.807) is 25.2 Å². The number of cyclic esters (lactones) is 1. The number of hydrazine groups is 1. The highest BCUT2D eigenvalue weighted by Crippen LogP contribution is 2.44. The molecule has 1 saturated heterocycles. The summed E-state index contributed by atoms with van der Waals surface area (Å²) in [5.41, 5.74) is 1.82. The van der Waals surface area contributed by atoms with Gasteiger partial charge in [0.25, 0.3) is 5.89 Å². The molecule has 5 heterocycles. The zero-order valence-electron chi connectivity index (χ0n) is 23.3. The Kier molecular flexibility index (Phi) is 7.18. The second kappa shape index (κ2) is 11.0. The van der Waals surface area contributed by atoms with Crippen LogP contribution in [0.25, 0.3) is 10.9 Å². The molecule has 1 amide bonds. The molecular formula is C28H30FN9O4. The van der Waals surface area contributed by atoms with E-state index in [9.17, 15) is 9.18 Å². The van der Waals surface area contributed by atoms with Crippen LogP contribution in [-0.2, 0) is 34.6 Å². The number of likely N-dealkylation sites (N-methyl/N-ethyl adjacent to an activating group) is 1. The van der Waals surface area contributed by atoms with Crippen LogP contribution in [0.4, 0.5) is 9.18 Å². The first kappa shape index (κ1) is 27.5. The monoisotopic (exact) mass is 575 g/mol. The van der Waals surface area contributed by atoms with E-state index in [4.69, 9.17) is 19.0 Å². The molecule has 3 N–H and O–H groups in total. The number of methoxy groups -OCH3 is 1. The average molecular weight is 576 g/mol. The number of H-pyrrole nitrogens is 1. The van der Waals surface area contributed by atoms with E-state index in [-0.39, 0.29) is 24.9 Å². The molecule has 2 aliphatic rings. The number of pyridine rings is 1. The van der Waals surface area contributed by atoms with E-state index in [0.717, 1.165) is 28.4 Å². The summed E-state index contributed by atoms with van der Waals surface area (Å²) >= 11 is 0. The van der Waals surface area contributed by atoms with Crippen molar-refractivity contribution in [3.63, 3.8) is 0 Å². The van der Waals surface area contributed by atoms with Crippen LogP contribution in [0.1, 0.15) is 28.7 Å². The Morgan fingerprint density at radius 2 is 2.17 bits per heavy atom. The topological polar surface area (TPSA) is 146 Å². The lowest BCUT2D eigenvalue weighted by atomic mass is 9.81. The lowest BCUT2D eigenvalue weighted by molar-refractivity contribution is -0.0458. The maximum Gasteiger partial charge on any atom is 0.426 e. The molecule has 218 valence electrons. The summed E-state index contributed by atoms with van der Waals surface area (Å²) in [4.78, 5) is 30.0. The van der Waals surface area contributed by atoms with Gasteiger partial charge >= 0.3 is 6.09 Å². The van der Waals surface area contributed by atoms with Crippen molar-refractivity contribution in [1.29, 1.82) is 0 Å². The van der Waals surface area contributed by atoms with Crippen LogP contribution >= 0.6 is 0 Å². The zero-order valence-corrected chi connectivity index (χ0v) is 23.3. The van der Waals surface area contributed by atoms with Crippen LogP contribution in [0.2, 0.25) is 0 Å². The number of halogens is 1. The Morgan fingerprint density at radius 3 is 2.88 bits per heavy atom. The molecular weight excluding hydrogens is 545 g/mol. The third kappa shape index (κ3) is 4.58. The van der Waals surface area contributed by atoms with Gasteiger partial charge in [-0.05, 0) is 36.4 Å². The number of benzene rings is 1. The second-order valence-electron chi connectivity index (χ2n) is 10.0. The number of nitrogens with one attached hydrogen (secondary N) is 3. The van der Waals surface area contributed by atoms with Gasteiger partial charge in [0.2, 0.25) is 12.1 Å². The first-order chi connectivity index (χ1) is 20.3. The highest BCUT2D eigenvalue weighted by Gasteiger charge is 2.59. The number of hydrogen-bond donors (Lipinski definition) is 3. The minimum Gasteiger partial charge on any atom is -0.424 e. The van der Waals surface area contributed by atoms with Crippen molar-refractivity contribution in [1.82, 2.24) is 40.8 Å². The smallest absolute Gasteiger partial charge is 0.424 e. The van der Waals surface area contributed by atoms with Crippen molar-refractivity contribution in [2.24, 2.45) is 4.99 Å². The van der Waals surface area contributed by atoms with Gasteiger partial charge in [-0.3, -0.25) is 15.3 Å². The number of para-hydroxylation sites is 1. The number of carbonyl (C=O) groups excluding carboxylic acids is 1. The third-order valence-corrected chi connectivity index (χ3v) is 7.55. The molecule has 0 spiro atoms. The fourth-order valence-corrected chi connectivity index (χ4v) is 5.52. The van der Waals surface area contributed by atoms with Crippen molar-refractivity contribution >= 4 is 22.8 Å². The Morgan fingerprint density at radius 1 is 1.33 bits per heavy atom. The van der Waals surface area contributed by atoms with Crippen LogP contribution in [0.3, 0.4) is 0 Å². The highest BCUT2D eigenvalue weighted by molar-refractivity contribution is 5.92. The molecule has 1 fully saturated rings. The van der Waals surface area contributed by atoms with Gasteiger partial charge < -0.3 is 24.3 Å². The summed E-state index contributed by atoms with van der Waals surface area (Å²) in [6.07, 6.45) is 1.72. The molecule has 1 aromatic carbocycles. The van der Waals surface area contributed by atoms with Gasteiger partial charge in [-0.2, -0.15) is 9.99 Å². The van der Waals surface area contributed by atoms with Crippen molar-refractivity contribution in [2.75, 3.05) is 21.2 Å². The molecule has 0 aliphatic carbocycles. The van der Waals surface area contributed by atoms with Gasteiger partial charge in [0.15, 0.2) is 5.54 Å². The molecule has 3 aromatic heterocycles. The van der Waals surface area contributed by atoms with E-state index in [0.29, 0.717) is 18.0 Å². The van der Waals surface area contributed by atoms with Gasteiger partial charge in [-0.1, -0.05) is 29.9 Å². The van der Waals surface area contributed by atoms with E-state index >= 15 is 0 Å². The fraction of sp³-hybridized carbons (Fsp3) is 0.321. The Bertz CT molecular complexity index is 1650. The minimum absolute atomic E-state index is 0.0989. The predicted octanol–water partition coefficient (Wildman–Crippen LogP) is 2.58. The van der Waals surface area contributed by atoms with Gasteiger partial charge in [-0.15, -0.1) is 0 Å². The molecule has 3 atom stereocenters. The van der Waals surface area contributed by atoms with E-state index in [2.05, 4.69) is 37.3 Å². The Balaban J connectivity index is 1.54. The summed E-state index contributed by atoms with van der Waals surface area (Å²) in [6.45, 7) is 4.13. The molecule has 2 aliphatic heterocycles. The molecule has 0 radical (unpaired) electrons. The average Bonchev–Trinajstić information content (AvgIpc) is 3.69. The largest absolute Gasteiger partial charge is 0.426 e. The third-order valence-electron chi connectivity index (χ3n) is 7.55. The zero-order chi connectivity index (χ0) is 29.4. The lowest BCUT2D eigenvalue weighted by Gasteiger charge is -2.44. The first-order valence-corrected chi connectivity index (χ1v) is 13.2. The number of rotatable bonds is 8. The summed E-state index contributed by atoms with van der Waals surface area (Å²) in [5.74, 6) is 0.614. The summed E-state index contributed by atoms with van der Waals surface area (Å²) in [5, 5.41) is 15.2. The molecule has 42 heavy (non-hydrogen) atoms. The number of amidine groups is 1. The van der Waals surface area contributed by atoms with Crippen molar-refractivity contribution < 1.29 is 23.2 Å². The van der Waals surface area contributed by atoms with Gasteiger partial charge in [-0.25, -0.2) is 14.2 Å². The van der Waals surface area contributed by atoms with E-state index in [1.165, 1.54) is 24.4 Å². The van der Waals surface area contributed by atoms with Crippen LogP contribution in [-0.4, -0.2) is 75.5 Å². The summed E-state index contributed by atoms with van der Waals surface area (Å²) in [7, 11) is 4.90. The number of nitrogens with zero attached hydrogens (tertiary/aromatic N) is 6. The lowest BCUT2D eigenvalue weighted by Crippen LogP contribution is -2.66. The normalized spacial score (nSPS) is 22.8. The Hall–Kier alpha value is -4.66. The summed E-state index contributed by atoms with van der Waals surface area (Å²) in [6, 6.07) is 10.4.